The van der Waals surface area contributed by atoms with Gasteiger partial charge < -0.3 is 5.32 Å². The summed E-state index contributed by atoms with van der Waals surface area (Å²) in [5.41, 5.74) is 1.23. The molecule has 120 valence electrons. The topological polar surface area (TPSA) is 12.0 Å². The quantitative estimate of drug-likeness (QED) is 0.474. The van der Waals surface area contributed by atoms with Crippen LogP contribution in [-0.4, -0.2) is 6.54 Å². The molecule has 0 bridgehead atoms. The molecule has 0 amide bonds. The van der Waals surface area contributed by atoms with Gasteiger partial charge in [0.1, 0.15) is 0 Å². The van der Waals surface area contributed by atoms with Crippen LogP contribution in [0.1, 0.15) is 70.9 Å². The highest BCUT2D eigenvalue weighted by Gasteiger charge is 2.10. The van der Waals surface area contributed by atoms with Crippen LogP contribution >= 0.6 is 23.2 Å². The molecular formula is C18H29Cl2N. The SMILES string of the molecule is CCC(NCCCCCCC(C)C)c1ccc(Cl)c(Cl)c1. The minimum Gasteiger partial charge on any atom is -0.310 e. The predicted molar refractivity (Wildman–Crippen MR) is 95.4 cm³/mol. The first kappa shape index (κ1) is 18.8. The molecule has 1 atom stereocenters. The van der Waals surface area contributed by atoms with E-state index < -0.39 is 0 Å². The summed E-state index contributed by atoms with van der Waals surface area (Å²) in [7, 11) is 0. The molecule has 1 aromatic rings. The molecular weight excluding hydrogens is 301 g/mol. The molecule has 1 unspecified atom stereocenters. The first-order valence-electron chi connectivity index (χ1n) is 8.23. The third kappa shape index (κ3) is 7.54. The number of halogens is 2. The number of rotatable bonds is 10. The Kier molecular flexibility index (Phi) is 9.39. The molecule has 0 aliphatic rings. The maximum Gasteiger partial charge on any atom is 0.0595 e. The zero-order valence-electron chi connectivity index (χ0n) is 13.6. The highest BCUT2D eigenvalue weighted by atomic mass is 35.5. The Morgan fingerprint density at radius 3 is 2.33 bits per heavy atom. The number of nitrogens with one attached hydrogen (secondary N) is 1. The van der Waals surface area contributed by atoms with Crippen molar-refractivity contribution in [3.63, 3.8) is 0 Å². The molecule has 0 aromatic heterocycles. The maximum atomic E-state index is 6.10. The third-order valence-corrected chi connectivity index (χ3v) is 4.59. The van der Waals surface area contributed by atoms with E-state index >= 15 is 0 Å². The van der Waals surface area contributed by atoms with Crippen molar-refractivity contribution in [2.75, 3.05) is 6.54 Å². The number of hydrogen-bond donors (Lipinski definition) is 1. The summed E-state index contributed by atoms with van der Waals surface area (Å²) in [4.78, 5) is 0. The van der Waals surface area contributed by atoms with E-state index in [0.717, 1.165) is 18.9 Å². The standard InChI is InChI=1S/C18H29Cl2N/c1-4-18(15-10-11-16(19)17(20)13-15)21-12-8-6-5-7-9-14(2)3/h10-11,13-14,18,21H,4-9,12H2,1-3H3. The summed E-state index contributed by atoms with van der Waals surface area (Å²) >= 11 is 12.1. The Labute approximate surface area is 140 Å². The van der Waals surface area contributed by atoms with Gasteiger partial charge in [-0.25, -0.2) is 0 Å². The van der Waals surface area contributed by atoms with E-state index in [0.29, 0.717) is 16.1 Å². The van der Waals surface area contributed by atoms with E-state index in [2.05, 4.69) is 32.2 Å². The van der Waals surface area contributed by atoms with Gasteiger partial charge in [-0.3, -0.25) is 0 Å². The summed E-state index contributed by atoms with van der Waals surface area (Å²) in [5, 5.41) is 4.90. The van der Waals surface area contributed by atoms with Crippen LogP contribution < -0.4 is 5.32 Å². The number of unbranched alkanes of at least 4 members (excludes halogenated alkanes) is 3. The van der Waals surface area contributed by atoms with Crippen LogP contribution in [0.5, 0.6) is 0 Å². The van der Waals surface area contributed by atoms with Crippen LogP contribution in [0.3, 0.4) is 0 Å². The van der Waals surface area contributed by atoms with Gasteiger partial charge in [-0.1, -0.05) is 75.7 Å². The largest absolute Gasteiger partial charge is 0.310 e. The molecule has 0 aliphatic carbocycles. The van der Waals surface area contributed by atoms with Crippen molar-refractivity contribution in [1.29, 1.82) is 0 Å². The molecule has 0 aliphatic heterocycles. The van der Waals surface area contributed by atoms with Gasteiger partial charge in [0, 0.05) is 6.04 Å². The van der Waals surface area contributed by atoms with E-state index in [4.69, 9.17) is 23.2 Å². The summed E-state index contributed by atoms with van der Waals surface area (Å²) < 4.78 is 0. The first-order chi connectivity index (χ1) is 10.0. The molecule has 0 radical (unpaired) electrons. The molecule has 0 heterocycles. The summed E-state index contributed by atoms with van der Waals surface area (Å²) in [6.45, 7) is 7.86. The van der Waals surface area contributed by atoms with Crippen LogP contribution in [0.4, 0.5) is 0 Å². The summed E-state index contributed by atoms with van der Waals surface area (Å²) in [5.74, 6) is 0.835. The second-order valence-electron chi connectivity index (χ2n) is 6.19. The lowest BCUT2D eigenvalue weighted by Gasteiger charge is -2.18. The lowest BCUT2D eigenvalue weighted by atomic mass is 10.0. The van der Waals surface area contributed by atoms with Gasteiger partial charge in [-0.15, -0.1) is 0 Å². The van der Waals surface area contributed by atoms with E-state index in [-0.39, 0.29) is 0 Å². The predicted octanol–water partition coefficient (Wildman–Crippen LogP) is 6.64. The molecule has 0 saturated carbocycles. The van der Waals surface area contributed by atoms with Crippen LogP contribution in [0.2, 0.25) is 10.0 Å². The van der Waals surface area contributed by atoms with Gasteiger partial charge in [0.05, 0.1) is 10.0 Å². The molecule has 1 N–H and O–H groups in total. The minimum absolute atomic E-state index is 0.371. The van der Waals surface area contributed by atoms with Gasteiger partial charge in [0.2, 0.25) is 0 Å². The van der Waals surface area contributed by atoms with Crippen molar-refractivity contribution in [3.8, 4) is 0 Å². The van der Waals surface area contributed by atoms with Crippen LogP contribution in [0, 0.1) is 5.92 Å². The lowest BCUT2D eigenvalue weighted by Crippen LogP contribution is -2.21. The number of benzene rings is 1. The zero-order chi connectivity index (χ0) is 15.7. The maximum absolute atomic E-state index is 6.10. The molecule has 0 saturated heterocycles. The van der Waals surface area contributed by atoms with Crippen molar-refractivity contribution in [2.45, 2.75) is 65.3 Å². The lowest BCUT2D eigenvalue weighted by molar-refractivity contribution is 0.480. The van der Waals surface area contributed by atoms with E-state index in [9.17, 15) is 0 Å². The van der Waals surface area contributed by atoms with Crippen molar-refractivity contribution >= 4 is 23.2 Å². The molecule has 1 nitrogen and oxygen atoms in total. The van der Waals surface area contributed by atoms with E-state index in [1.165, 1.54) is 37.7 Å². The second kappa shape index (κ2) is 10.5. The number of hydrogen-bond acceptors (Lipinski definition) is 1. The van der Waals surface area contributed by atoms with E-state index in [1.807, 2.05) is 12.1 Å². The van der Waals surface area contributed by atoms with Gasteiger partial charge in [-0.2, -0.15) is 0 Å². The van der Waals surface area contributed by atoms with Gasteiger partial charge >= 0.3 is 0 Å². The summed E-state index contributed by atoms with van der Waals surface area (Å²) in [6.07, 6.45) is 7.69. The third-order valence-electron chi connectivity index (χ3n) is 3.85. The Hall–Kier alpha value is -0.240. The minimum atomic E-state index is 0.371. The van der Waals surface area contributed by atoms with Crippen molar-refractivity contribution in [1.82, 2.24) is 5.32 Å². The Balaban J connectivity index is 2.26. The zero-order valence-corrected chi connectivity index (χ0v) is 15.1. The first-order valence-corrected chi connectivity index (χ1v) is 8.98. The molecule has 0 spiro atoms. The van der Waals surface area contributed by atoms with Crippen molar-refractivity contribution < 1.29 is 0 Å². The highest BCUT2D eigenvalue weighted by Crippen LogP contribution is 2.26. The van der Waals surface area contributed by atoms with Gasteiger partial charge in [-0.05, 0) is 43.0 Å². The molecule has 3 heteroatoms. The monoisotopic (exact) mass is 329 g/mol. The van der Waals surface area contributed by atoms with Crippen molar-refractivity contribution in [2.24, 2.45) is 5.92 Å². The normalized spacial score (nSPS) is 12.9. The Morgan fingerprint density at radius 1 is 1.00 bits per heavy atom. The molecule has 1 rings (SSSR count). The average molecular weight is 330 g/mol. The fourth-order valence-electron chi connectivity index (χ4n) is 2.53. The fourth-order valence-corrected chi connectivity index (χ4v) is 2.84. The average Bonchev–Trinajstić information content (AvgIpc) is 2.45. The fraction of sp³-hybridized carbons (Fsp3) is 0.667. The van der Waals surface area contributed by atoms with E-state index in [1.54, 1.807) is 0 Å². The van der Waals surface area contributed by atoms with Crippen molar-refractivity contribution in [3.05, 3.63) is 33.8 Å². The highest BCUT2D eigenvalue weighted by molar-refractivity contribution is 6.42. The Morgan fingerprint density at radius 2 is 1.71 bits per heavy atom. The van der Waals surface area contributed by atoms with Crippen LogP contribution in [0.15, 0.2) is 18.2 Å². The molecule has 0 fully saturated rings. The molecule has 1 aromatic carbocycles. The second-order valence-corrected chi connectivity index (χ2v) is 7.00. The van der Waals surface area contributed by atoms with Gasteiger partial charge in [0.15, 0.2) is 0 Å². The Bertz CT molecular complexity index is 404. The van der Waals surface area contributed by atoms with Crippen LogP contribution in [-0.2, 0) is 0 Å². The summed E-state index contributed by atoms with van der Waals surface area (Å²) in [6, 6.07) is 6.30. The van der Waals surface area contributed by atoms with Crippen LogP contribution in [0.25, 0.3) is 0 Å². The molecule has 21 heavy (non-hydrogen) atoms. The smallest absolute Gasteiger partial charge is 0.0595 e. The van der Waals surface area contributed by atoms with Gasteiger partial charge in [0.25, 0.3) is 0 Å².